The van der Waals surface area contributed by atoms with Crippen molar-refractivity contribution >= 4 is 5.78 Å². The summed E-state index contributed by atoms with van der Waals surface area (Å²) in [5, 5.41) is 19.3. The summed E-state index contributed by atoms with van der Waals surface area (Å²) in [5.41, 5.74) is 0.305. The van der Waals surface area contributed by atoms with E-state index in [0.29, 0.717) is 48.1 Å². The summed E-state index contributed by atoms with van der Waals surface area (Å²) in [6.07, 6.45) is 1.81. The highest BCUT2D eigenvalue weighted by molar-refractivity contribution is 5.85. The molecule has 0 amide bonds. The molecule has 1 aromatic rings. The fourth-order valence-corrected chi connectivity index (χ4v) is 4.91. The lowest BCUT2D eigenvalue weighted by Crippen LogP contribution is -2.54. The minimum atomic E-state index is -0.578. The van der Waals surface area contributed by atoms with Crippen LogP contribution in [0, 0.1) is 28.6 Å². The molecular weight excluding hydrogens is 378 g/mol. The van der Waals surface area contributed by atoms with Crippen molar-refractivity contribution < 1.29 is 14.6 Å². The number of nitriles is 1. The van der Waals surface area contributed by atoms with Gasteiger partial charge in [0.2, 0.25) is 0 Å². The first-order valence-electron chi connectivity index (χ1n) is 10.9. The average molecular weight is 414 g/mol. The molecule has 1 aromatic carbocycles. The van der Waals surface area contributed by atoms with Crippen molar-refractivity contribution in [2.24, 2.45) is 17.3 Å². The minimum Gasteiger partial charge on any atom is -0.491 e. The Morgan fingerprint density at radius 3 is 2.40 bits per heavy atom. The predicted molar refractivity (Wildman–Crippen MR) is 116 cm³/mol. The van der Waals surface area contributed by atoms with Gasteiger partial charge in [-0.1, -0.05) is 20.8 Å². The van der Waals surface area contributed by atoms with E-state index >= 15 is 0 Å². The van der Waals surface area contributed by atoms with Crippen LogP contribution >= 0.6 is 0 Å². The van der Waals surface area contributed by atoms with Crippen molar-refractivity contribution in [2.45, 2.75) is 45.8 Å². The third-order valence-corrected chi connectivity index (χ3v) is 6.50. The summed E-state index contributed by atoms with van der Waals surface area (Å²) in [4.78, 5) is 17.1. The maximum atomic E-state index is 12.4. The number of likely N-dealkylation sites (tertiary alicyclic amines) is 1. The predicted octanol–water partition coefficient (Wildman–Crippen LogP) is 2.56. The zero-order valence-electron chi connectivity index (χ0n) is 18.7. The quantitative estimate of drug-likeness (QED) is 0.706. The van der Waals surface area contributed by atoms with Crippen molar-refractivity contribution in [1.29, 1.82) is 5.26 Å². The van der Waals surface area contributed by atoms with E-state index in [1.165, 1.54) is 12.8 Å². The third kappa shape index (κ3) is 5.60. The highest BCUT2D eigenvalue weighted by Gasteiger charge is 2.44. The Balaban J connectivity index is 1.48. The van der Waals surface area contributed by atoms with Crippen molar-refractivity contribution in [1.82, 2.24) is 9.80 Å². The second-order valence-electron chi connectivity index (χ2n) is 10.00. The van der Waals surface area contributed by atoms with Gasteiger partial charge in [0.1, 0.15) is 18.5 Å². The summed E-state index contributed by atoms with van der Waals surface area (Å²) in [6, 6.07) is 9.47. The number of ether oxygens (including phenoxy) is 1. The van der Waals surface area contributed by atoms with E-state index in [1.807, 2.05) is 20.8 Å². The number of aliphatic hydroxyl groups excluding tert-OH is 1. The number of likely N-dealkylation sites (N-methyl/N-ethyl adjacent to an activating group) is 1. The van der Waals surface area contributed by atoms with Crippen molar-refractivity contribution in [3.8, 4) is 11.8 Å². The number of rotatable bonds is 8. The molecule has 1 aliphatic carbocycles. The number of aliphatic hydroxyl groups is 1. The molecule has 0 aromatic heterocycles. The van der Waals surface area contributed by atoms with Crippen molar-refractivity contribution in [2.75, 3.05) is 39.8 Å². The molecule has 2 aliphatic rings. The number of carbonyl (C=O) groups is 1. The Kier molecular flexibility index (Phi) is 7.18. The monoisotopic (exact) mass is 413 g/mol. The first-order valence-corrected chi connectivity index (χ1v) is 10.9. The molecule has 1 N–H and O–H groups in total. The van der Waals surface area contributed by atoms with E-state index in [1.54, 1.807) is 24.3 Å². The van der Waals surface area contributed by atoms with Gasteiger partial charge in [-0.15, -0.1) is 0 Å². The molecule has 6 heteroatoms. The van der Waals surface area contributed by atoms with Gasteiger partial charge in [-0.2, -0.15) is 5.26 Å². The third-order valence-electron chi connectivity index (χ3n) is 6.50. The molecule has 1 aliphatic heterocycles. The second-order valence-corrected chi connectivity index (χ2v) is 10.00. The van der Waals surface area contributed by atoms with Crippen LogP contribution in [0.5, 0.6) is 5.75 Å². The van der Waals surface area contributed by atoms with Gasteiger partial charge >= 0.3 is 0 Å². The van der Waals surface area contributed by atoms with Gasteiger partial charge in [0.05, 0.1) is 18.2 Å². The van der Waals surface area contributed by atoms with E-state index in [4.69, 9.17) is 10.00 Å². The first kappa shape index (κ1) is 22.7. The SMILES string of the molecule is CN(CC(O)COc1ccc(C#N)cc1)C1C2CCC1CN(CC(=O)C(C)(C)C)C2. The van der Waals surface area contributed by atoms with E-state index in [0.717, 1.165) is 13.1 Å². The Labute approximate surface area is 180 Å². The highest BCUT2D eigenvalue weighted by atomic mass is 16.5. The van der Waals surface area contributed by atoms with Gasteiger partial charge < -0.3 is 14.7 Å². The summed E-state index contributed by atoms with van der Waals surface area (Å²) < 4.78 is 5.69. The van der Waals surface area contributed by atoms with Crippen molar-refractivity contribution in [3.63, 3.8) is 0 Å². The molecule has 164 valence electrons. The summed E-state index contributed by atoms with van der Waals surface area (Å²) in [7, 11) is 2.09. The molecule has 30 heavy (non-hydrogen) atoms. The summed E-state index contributed by atoms with van der Waals surface area (Å²) in [5.74, 6) is 2.07. The number of hydrogen-bond donors (Lipinski definition) is 1. The van der Waals surface area contributed by atoms with Gasteiger partial charge in [-0.25, -0.2) is 0 Å². The Hall–Kier alpha value is -1.94. The molecule has 2 bridgehead atoms. The van der Waals surface area contributed by atoms with Crippen LogP contribution in [0.25, 0.3) is 0 Å². The fraction of sp³-hybridized carbons (Fsp3) is 0.667. The number of benzene rings is 1. The number of carbonyl (C=O) groups excluding carboxylic acids is 1. The molecule has 0 spiro atoms. The number of nitrogens with zero attached hydrogens (tertiary/aromatic N) is 3. The maximum Gasteiger partial charge on any atom is 0.152 e. The lowest BCUT2D eigenvalue weighted by molar-refractivity contribution is -0.128. The average Bonchev–Trinajstić information content (AvgIpc) is 2.97. The van der Waals surface area contributed by atoms with Gasteiger partial charge in [0.15, 0.2) is 5.78 Å². The molecule has 6 nitrogen and oxygen atoms in total. The Morgan fingerprint density at radius 2 is 1.87 bits per heavy atom. The molecule has 3 atom stereocenters. The number of hydrogen-bond acceptors (Lipinski definition) is 6. The van der Waals surface area contributed by atoms with E-state index in [-0.39, 0.29) is 12.0 Å². The van der Waals surface area contributed by atoms with E-state index in [2.05, 4.69) is 22.9 Å². The number of fused-ring (bicyclic) bond motifs is 2. The van der Waals surface area contributed by atoms with Gasteiger partial charge in [-0.3, -0.25) is 9.69 Å². The standard InChI is InChI=1S/C24H35N3O3/c1-24(2,3)22(29)15-27-12-18-7-8-19(13-27)23(18)26(4)14-20(28)16-30-21-9-5-17(11-25)6-10-21/h5-6,9-10,18-20,23,28H,7-8,12-16H2,1-4H3. The van der Waals surface area contributed by atoms with Crippen molar-refractivity contribution in [3.05, 3.63) is 29.8 Å². The molecule has 2 fully saturated rings. The molecular formula is C24H35N3O3. The fourth-order valence-electron chi connectivity index (χ4n) is 4.91. The first-order chi connectivity index (χ1) is 14.2. The highest BCUT2D eigenvalue weighted by Crippen LogP contribution is 2.39. The molecule has 1 heterocycles. The lowest BCUT2D eigenvalue weighted by atomic mass is 9.87. The van der Waals surface area contributed by atoms with Crippen LogP contribution in [0.2, 0.25) is 0 Å². The molecule has 1 saturated carbocycles. The van der Waals surface area contributed by atoms with Gasteiger partial charge in [0.25, 0.3) is 0 Å². The topological polar surface area (TPSA) is 76.8 Å². The van der Waals surface area contributed by atoms with Crippen LogP contribution in [0.4, 0.5) is 0 Å². The zero-order chi connectivity index (χ0) is 21.9. The smallest absolute Gasteiger partial charge is 0.152 e. The number of ketones is 1. The lowest BCUT2D eigenvalue weighted by Gasteiger charge is -2.43. The Morgan fingerprint density at radius 1 is 1.27 bits per heavy atom. The second kappa shape index (κ2) is 9.47. The number of Topliss-reactive ketones (excluding diaryl/α,β-unsaturated/α-hetero) is 1. The molecule has 1 saturated heterocycles. The van der Waals surface area contributed by atoms with Crippen LogP contribution in [0.15, 0.2) is 24.3 Å². The number of piperidine rings is 1. The summed E-state index contributed by atoms with van der Waals surface area (Å²) >= 11 is 0. The van der Waals surface area contributed by atoms with Crippen LogP contribution < -0.4 is 4.74 Å². The summed E-state index contributed by atoms with van der Waals surface area (Å²) in [6.45, 7) is 9.24. The van der Waals surface area contributed by atoms with E-state index in [9.17, 15) is 9.90 Å². The van der Waals surface area contributed by atoms with Crippen LogP contribution in [0.1, 0.15) is 39.2 Å². The molecule has 3 unspecified atom stereocenters. The molecule has 3 rings (SSSR count). The maximum absolute atomic E-state index is 12.4. The minimum absolute atomic E-state index is 0.227. The van der Waals surface area contributed by atoms with E-state index < -0.39 is 6.10 Å². The van der Waals surface area contributed by atoms with Crippen LogP contribution in [-0.2, 0) is 4.79 Å². The normalized spacial score (nSPS) is 25.2. The van der Waals surface area contributed by atoms with Gasteiger partial charge in [-0.05, 0) is 56.0 Å². The Bertz CT molecular complexity index is 751. The van der Waals surface area contributed by atoms with Gasteiger partial charge in [0, 0.05) is 31.1 Å². The zero-order valence-corrected chi connectivity index (χ0v) is 18.7. The van der Waals surface area contributed by atoms with Crippen LogP contribution in [0.3, 0.4) is 0 Å². The largest absolute Gasteiger partial charge is 0.491 e. The van der Waals surface area contributed by atoms with Crippen LogP contribution in [-0.4, -0.2) is 72.7 Å². The molecule has 0 radical (unpaired) electrons.